The molecule has 2 nitrogen and oxygen atoms in total. The van der Waals surface area contributed by atoms with E-state index in [0.717, 1.165) is 19.4 Å². The maximum Gasteiger partial charge on any atom is 0.0683 e. The molecular formula is C12H24N2S. The van der Waals surface area contributed by atoms with Crippen molar-refractivity contribution in [2.24, 2.45) is 5.41 Å². The number of hydrogen-bond acceptors (Lipinski definition) is 3. The van der Waals surface area contributed by atoms with Crippen LogP contribution in [-0.4, -0.2) is 24.6 Å². The predicted molar refractivity (Wildman–Crippen MR) is 69.1 cm³/mol. The van der Waals surface area contributed by atoms with Crippen LogP contribution in [0, 0.1) is 16.7 Å². The first-order chi connectivity index (χ1) is 7.02. The molecule has 1 atom stereocenters. The summed E-state index contributed by atoms with van der Waals surface area (Å²) in [5.41, 5.74) is -0.163. The summed E-state index contributed by atoms with van der Waals surface area (Å²) >= 11 is 1.89. The van der Waals surface area contributed by atoms with E-state index in [2.05, 4.69) is 24.6 Å². The fourth-order valence-electron chi connectivity index (χ4n) is 1.33. The SMILES string of the molecule is CSCCC(C)NCCCC(C)(C)C#N. The molecule has 0 radical (unpaired) electrons. The Morgan fingerprint density at radius 2 is 2.13 bits per heavy atom. The predicted octanol–water partition coefficient (Wildman–Crippen LogP) is 3.05. The monoisotopic (exact) mass is 228 g/mol. The molecular weight excluding hydrogens is 204 g/mol. The lowest BCUT2D eigenvalue weighted by Crippen LogP contribution is -2.28. The van der Waals surface area contributed by atoms with Gasteiger partial charge >= 0.3 is 0 Å². The molecule has 0 saturated carbocycles. The van der Waals surface area contributed by atoms with Crippen molar-refractivity contribution in [2.75, 3.05) is 18.6 Å². The van der Waals surface area contributed by atoms with E-state index in [1.54, 1.807) is 0 Å². The van der Waals surface area contributed by atoms with Gasteiger partial charge in [0.2, 0.25) is 0 Å². The number of thioether (sulfide) groups is 1. The summed E-state index contributed by atoms with van der Waals surface area (Å²) in [6.07, 6.45) is 5.43. The van der Waals surface area contributed by atoms with Crippen molar-refractivity contribution in [3.63, 3.8) is 0 Å². The lowest BCUT2D eigenvalue weighted by molar-refractivity contribution is 0.414. The van der Waals surface area contributed by atoms with Gasteiger partial charge in [0.25, 0.3) is 0 Å². The molecule has 1 unspecified atom stereocenters. The van der Waals surface area contributed by atoms with Gasteiger partial charge in [-0.15, -0.1) is 0 Å². The molecule has 0 spiro atoms. The minimum absolute atomic E-state index is 0.163. The summed E-state index contributed by atoms with van der Waals surface area (Å²) in [6.45, 7) is 7.26. The molecule has 1 N–H and O–H groups in total. The molecule has 0 fully saturated rings. The Balaban J connectivity index is 3.43. The first kappa shape index (κ1) is 14.8. The van der Waals surface area contributed by atoms with Crippen LogP contribution >= 0.6 is 11.8 Å². The Morgan fingerprint density at radius 1 is 1.47 bits per heavy atom. The molecule has 0 aliphatic rings. The van der Waals surface area contributed by atoms with Crippen LogP contribution in [0.5, 0.6) is 0 Å². The average molecular weight is 228 g/mol. The Hall–Kier alpha value is -0.200. The third-order valence-corrected chi connectivity index (χ3v) is 3.17. The van der Waals surface area contributed by atoms with Crippen molar-refractivity contribution in [2.45, 2.75) is 46.1 Å². The molecule has 0 saturated heterocycles. The standard InChI is InChI=1S/C12H24N2S/c1-11(6-9-15-4)14-8-5-7-12(2,3)10-13/h11,14H,5-9H2,1-4H3. The lowest BCUT2D eigenvalue weighted by atomic mass is 9.90. The summed E-state index contributed by atoms with van der Waals surface area (Å²) in [5.74, 6) is 1.22. The van der Waals surface area contributed by atoms with E-state index in [4.69, 9.17) is 5.26 Å². The number of hydrogen-bond donors (Lipinski definition) is 1. The zero-order chi connectivity index (χ0) is 11.7. The maximum atomic E-state index is 8.85. The summed E-state index contributed by atoms with van der Waals surface area (Å²) in [7, 11) is 0. The number of rotatable bonds is 8. The van der Waals surface area contributed by atoms with Crippen LogP contribution in [-0.2, 0) is 0 Å². The minimum Gasteiger partial charge on any atom is -0.314 e. The number of nitrogens with one attached hydrogen (secondary N) is 1. The van der Waals surface area contributed by atoms with Gasteiger partial charge in [-0.25, -0.2) is 0 Å². The van der Waals surface area contributed by atoms with Gasteiger partial charge < -0.3 is 5.32 Å². The van der Waals surface area contributed by atoms with Crippen LogP contribution in [0.1, 0.15) is 40.0 Å². The molecule has 0 amide bonds. The van der Waals surface area contributed by atoms with Gasteiger partial charge in [-0.3, -0.25) is 0 Å². The van der Waals surface area contributed by atoms with Gasteiger partial charge in [-0.1, -0.05) is 0 Å². The maximum absolute atomic E-state index is 8.85. The number of nitriles is 1. The highest BCUT2D eigenvalue weighted by atomic mass is 32.2. The Kier molecular flexibility index (Phi) is 7.90. The summed E-state index contributed by atoms with van der Waals surface area (Å²) in [5, 5.41) is 12.3. The second kappa shape index (κ2) is 8.01. The van der Waals surface area contributed by atoms with Crippen LogP contribution in [0.3, 0.4) is 0 Å². The van der Waals surface area contributed by atoms with Gasteiger partial charge in [0.1, 0.15) is 0 Å². The van der Waals surface area contributed by atoms with Crippen molar-refractivity contribution >= 4 is 11.8 Å². The number of nitrogens with zero attached hydrogens (tertiary/aromatic N) is 1. The van der Waals surface area contributed by atoms with Crippen molar-refractivity contribution in [3.8, 4) is 6.07 Å². The van der Waals surface area contributed by atoms with Gasteiger partial charge in [0.15, 0.2) is 0 Å². The first-order valence-electron chi connectivity index (χ1n) is 5.65. The fraction of sp³-hybridized carbons (Fsp3) is 0.917. The quantitative estimate of drug-likeness (QED) is 0.649. The van der Waals surface area contributed by atoms with Crippen LogP contribution in [0.2, 0.25) is 0 Å². The van der Waals surface area contributed by atoms with E-state index in [1.807, 2.05) is 25.6 Å². The van der Waals surface area contributed by atoms with E-state index in [1.165, 1.54) is 12.2 Å². The second-order valence-corrected chi connectivity index (χ2v) is 5.72. The van der Waals surface area contributed by atoms with Crippen LogP contribution < -0.4 is 5.32 Å². The summed E-state index contributed by atoms with van der Waals surface area (Å²) in [6, 6.07) is 2.93. The summed E-state index contributed by atoms with van der Waals surface area (Å²) < 4.78 is 0. The second-order valence-electron chi connectivity index (χ2n) is 4.74. The van der Waals surface area contributed by atoms with Crippen molar-refractivity contribution in [3.05, 3.63) is 0 Å². The molecule has 0 aliphatic heterocycles. The lowest BCUT2D eigenvalue weighted by Gasteiger charge is -2.17. The molecule has 0 rings (SSSR count). The molecule has 0 aliphatic carbocycles. The van der Waals surface area contributed by atoms with Gasteiger partial charge in [0, 0.05) is 6.04 Å². The van der Waals surface area contributed by atoms with Gasteiger partial charge in [-0.05, 0) is 58.6 Å². The van der Waals surface area contributed by atoms with E-state index < -0.39 is 0 Å². The normalized spacial score (nSPS) is 13.5. The van der Waals surface area contributed by atoms with Crippen molar-refractivity contribution in [1.82, 2.24) is 5.32 Å². The van der Waals surface area contributed by atoms with E-state index in [-0.39, 0.29) is 5.41 Å². The zero-order valence-electron chi connectivity index (χ0n) is 10.5. The van der Waals surface area contributed by atoms with Crippen LogP contribution in [0.4, 0.5) is 0 Å². The first-order valence-corrected chi connectivity index (χ1v) is 7.05. The van der Waals surface area contributed by atoms with Gasteiger partial charge in [0.05, 0.1) is 11.5 Å². The summed E-state index contributed by atoms with van der Waals surface area (Å²) in [4.78, 5) is 0. The van der Waals surface area contributed by atoms with E-state index >= 15 is 0 Å². The third-order valence-electron chi connectivity index (χ3n) is 2.53. The minimum atomic E-state index is -0.163. The molecule has 3 heteroatoms. The zero-order valence-corrected chi connectivity index (χ0v) is 11.3. The van der Waals surface area contributed by atoms with Crippen molar-refractivity contribution in [1.29, 1.82) is 5.26 Å². The largest absolute Gasteiger partial charge is 0.314 e. The fourth-order valence-corrected chi connectivity index (χ4v) is 1.92. The van der Waals surface area contributed by atoms with Crippen molar-refractivity contribution < 1.29 is 0 Å². The molecule has 15 heavy (non-hydrogen) atoms. The highest BCUT2D eigenvalue weighted by Crippen LogP contribution is 2.19. The van der Waals surface area contributed by atoms with E-state index in [0.29, 0.717) is 6.04 Å². The van der Waals surface area contributed by atoms with E-state index in [9.17, 15) is 0 Å². The van der Waals surface area contributed by atoms with Crippen LogP contribution in [0.15, 0.2) is 0 Å². The highest BCUT2D eigenvalue weighted by Gasteiger charge is 2.15. The Bertz CT molecular complexity index is 196. The molecule has 88 valence electrons. The smallest absolute Gasteiger partial charge is 0.0683 e. The third kappa shape index (κ3) is 8.77. The Morgan fingerprint density at radius 3 is 2.67 bits per heavy atom. The highest BCUT2D eigenvalue weighted by molar-refractivity contribution is 7.98. The topological polar surface area (TPSA) is 35.8 Å². The molecule has 0 bridgehead atoms. The average Bonchev–Trinajstić information content (AvgIpc) is 2.21. The Labute approximate surface area is 98.8 Å². The molecule has 0 heterocycles. The molecule has 0 aromatic rings. The molecule has 0 aromatic heterocycles. The van der Waals surface area contributed by atoms with Crippen LogP contribution in [0.25, 0.3) is 0 Å². The molecule has 0 aromatic carbocycles. The van der Waals surface area contributed by atoms with Gasteiger partial charge in [-0.2, -0.15) is 17.0 Å².